The second-order valence-electron chi connectivity index (χ2n) is 5.92. The van der Waals surface area contributed by atoms with Gasteiger partial charge in [-0.05, 0) is 36.8 Å². The molecule has 8 nitrogen and oxygen atoms in total. The fourth-order valence-electron chi connectivity index (χ4n) is 2.81. The van der Waals surface area contributed by atoms with Gasteiger partial charge in [-0.2, -0.15) is 5.26 Å². The molecule has 1 unspecified atom stereocenters. The number of hydrogen-bond acceptors (Lipinski definition) is 7. The topological polar surface area (TPSA) is 99.0 Å². The second-order valence-corrected chi connectivity index (χ2v) is 6.32. The molecule has 0 aliphatic carbocycles. The molecule has 2 aromatic carbocycles. The fraction of sp³-hybridized carbons (Fsp3) is 0.333. The minimum absolute atomic E-state index is 0.216. The Bertz CT molecular complexity index is 932. The summed E-state index contributed by atoms with van der Waals surface area (Å²) < 4.78 is 26.6. The summed E-state index contributed by atoms with van der Waals surface area (Å²) in [6.45, 7) is 2.20. The summed E-state index contributed by atoms with van der Waals surface area (Å²) in [4.78, 5) is 12.8. The molecule has 0 aromatic heterocycles. The van der Waals surface area contributed by atoms with E-state index in [9.17, 15) is 10.1 Å². The Kier molecular flexibility index (Phi) is 8.01. The summed E-state index contributed by atoms with van der Waals surface area (Å²) in [6, 6.07) is 7.22. The van der Waals surface area contributed by atoms with Crippen molar-refractivity contribution in [3.63, 3.8) is 0 Å². The third kappa shape index (κ3) is 4.81. The number of amides is 1. The van der Waals surface area contributed by atoms with Gasteiger partial charge in [-0.15, -0.1) is 0 Å². The summed E-state index contributed by atoms with van der Waals surface area (Å²) in [7, 11) is 5.86. The number of nitrogens with one attached hydrogen (secondary N) is 1. The zero-order valence-electron chi connectivity index (χ0n) is 17.4. The van der Waals surface area contributed by atoms with Gasteiger partial charge in [0.15, 0.2) is 23.0 Å². The van der Waals surface area contributed by atoms with E-state index >= 15 is 0 Å². The Morgan fingerprint density at radius 1 is 1.00 bits per heavy atom. The van der Waals surface area contributed by atoms with E-state index < -0.39 is 11.9 Å². The van der Waals surface area contributed by atoms with Crippen LogP contribution in [0.5, 0.6) is 28.7 Å². The molecule has 0 radical (unpaired) electrons. The molecule has 0 aliphatic heterocycles. The summed E-state index contributed by atoms with van der Waals surface area (Å²) in [6.07, 6.45) is 0. The first-order valence-electron chi connectivity index (χ1n) is 8.94. The zero-order valence-corrected chi connectivity index (χ0v) is 18.1. The fourth-order valence-corrected chi connectivity index (χ4v) is 3.07. The lowest BCUT2D eigenvalue weighted by Gasteiger charge is -2.18. The van der Waals surface area contributed by atoms with Gasteiger partial charge < -0.3 is 29.0 Å². The lowest BCUT2D eigenvalue weighted by molar-refractivity contribution is 0.0944. The Balaban J connectivity index is 2.38. The molecule has 1 atom stereocenters. The summed E-state index contributed by atoms with van der Waals surface area (Å²) in [5.74, 6) is 1.27. The molecule has 9 heteroatoms. The molecular formula is C21H23ClN2O6. The van der Waals surface area contributed by atoms with Gasteiger partial charge in [-0.25, -0.2) is 0 Å². The van der Waals surface area contributed by atoms with Crippen molar-refractivity contribution in [1.82, 2.24) is 5.32 Å². The average Bonchev–Trinajstić information content (AvgIpc) is 2.77. The van der Waals surface area contributed by atoms with Crippen LogP contribution in [0.1, 0.15) is 28.9 Å². The van der Waals surface area contributed by atoms with E-state index in [-0.39, 0.29) is 10.6 Å². The van der Waals surface area contributed by atoms with Crippen molar-refractivity contribution < 1.29 is 28.5 Å². The van der Waals surface area contributed by atoms with Crippen LogP contribution >= 0.6 is 11.6 Å². The first kappa shape index (κ1) is 23.0. The third-order valence-corrected chi connectivity index (χ3v) is 4.49. The molecule has 0 spiro atoms. The molecule has 0 heterocycles. The van der Waals surface area contributed by atoms with Gasteiger partial charge in [0.25, 0.3) is 5.91 Å². The number of hydrogen-bond donors (Lipinski definition) is 1. The van der Waals surface area contributed by atoms with Crippen LogP contribution in [0.15, 0.2) is 24.3 Å². The van der Waals surface area contributed by atoms with Crippen LogP contribution in [0.2, 0.25) is 5.02 Å². The largest absolute Gasteiger partial charge is 0.493 e. The monoisotopic (exact) mass is 434 g/mol. The Hall–Kier alpha value is -3.31. The molecule has 30 heavy (non-hydrogen) atoms. The summed E-state index contributed by atoms with van der Waals surface area (Å²) in [5, 5.41) is 12.5. The molecule has 0 aliphatic rings. The number of methoxy groups -OCH3 is 4. The molecule has 0 saturated heterocycles. The Morgan fingerprint density at radius 2 is 1.57 bits per heavy atom. The highest BCUT2D eigenvalue weighted by atomic mass is 35.5. The van der Waals surface area contributed by atoms with Gasteiger partial charge in [-0.1, -0.05) is 11.6 Å². The van der Waals surface area contributed by atoms with Crippen LogP contribution in [0.4, 0.5) is 0 Å². The van der Waals surface area contributed by atoms with Crippen LogP contribution in [-0.4, -0.2) is 41.0 Å². The molecule has 1 amide bonds. The van der Waals surface area contributed by atoms with E-state index in [1.54, 1.807) is 12.1 Å². The Morgan fingerprint density at radius 3 is 2.03 bits per heavy atom. The number of halogens is 1. The lowest BCUT2D eigenvalue weighted by atomic mass is 10.1. The van der Waals surface area contributed by atoms with Crippen LogP contribution < -0.4 is 29.0 Å². The van der Waals surface area contributed by atoms with Crippen molar-refractivity contribution in [2.75, 3.05) is 35.0 Å². The van der Waals surface area contributed by atoms with Gasteiger partial charge in [0, 0.05) is 5.56 Å². The smallest absolute Gasteiger partial charge is 0.252 e. The number of carbonyl (C=O) groups is 1. The highest BCUT2D eigenvalue weighted by molar-refractivity contribution is 6.32. The maximum absolute atomic E-state index is 12.8. The Labute approximate surface area is 180 Å². The van der Waals surface area contributed by atoms with Crippen molar-refractivity contribution in [3.8, 4) is 34.8 Å². The minimum atomic E-state index is -0.984. The van der Waals surface area contributed by atoms with Crippen LogP contribution in [-0.2, 0) is 0 Å². The third-order valence-electron chi connectivity index (χ3n) is 4.21. The van der Waals surface area contributed by atoms with Crippen molar-refractivity contribution in [3.05, 3.63) is 40.4 Å². The molecule has 2 aromatic rings. The quantitative estimate of drug-likeness (QED) is 0.641. The van der Waals surface area contributed by atoms with Crippen molar-refractivity contribution in [2.24, 2.45) is 0 Å². The lowest BCUT2D eigenvalue weighted by Crippen LogP contribution is -2.27. The number of nitriles is 1. The van der Waals surface area contributed by atoms with E-state index in [0.29, 0.717) is 40.9 Å². The molecule has 1 N–H and O–H groups in total. The summed E-state index contributed by atoms with van der Waals surface area (Å²) >= 11 is 6.24. The molecule has 2 rings (SSSR count). The number of benzene rings is 2. The van der Waals surface area contributed by atoms with E-state index in [2.05, 4.69) is 11.4 Å². The second kappa shape index (κ2) is 10.5. The number of ether oxygens (including phenoxy) is 5. The molecular weight excluding hydrogens is 412 g/mol. The zero-order chi connectivity index (χ0) is 22.3. The highest BCUT2D eigenvalue weighted by Gasteiger charge is 2.22. The van der Waals surface area contributed by atoms with E-state index in [4.69, 9.17) is 35.3 Å². The van der Waals surface area contributed by atoms with Crippen LogP contribution in [0.25, 0.3) is 0 Å². The van der Waals surface area contributed by atoms with Gasteiger partial charge in [-0.3, -0.25) is 4.79 Å². The highest BCUT2D eigenvalue weighted by Crippen LogP contribution is 2.40. The predicted molar refractivity (Wildman–Crippen MR) is 111 cm³/mol. The molecule has 0 bridgehead atoms. The predicted octanol–water partition coefficient (Wildman–Crippen LogP) is 3.77. The van der Waals surface area contributed by atoms with Crippen molar-refractivity contribution in [2.45, 2.75) is 13.0 Å². The van der Waals surface area contributed by atoms with E-state index in [1.165, 1.54) is 40.6 Å². The maximum atomic E-state index is 12.8. The number of rotatable bonds is 9. The standard InChI is InChI=1S/C21H23ClN2O6/c1-6-30-19-14(22)7-13(10-16(19)26-2)21(25)24-15(11-23)12-8-17(27-3)20(29-5)18(9-12)28-4/h7-10,15H,6H2,1-5H3,(H,24,25). The molecule has 0 saturated carbocycles. The van der Waals surface area contributed by atoms with Gasteiger partial charge in [0.1, 0.15) is 6.04 Å². The number of nitrogens with zero attached hydrogens (tertiary/aromatic N) is 1. The first-order valence-corrected chi connectivity index (χ1v) is 9.32. The minimum Gasteiger partial charge on any atom is -0.493 e. The summed E-state index contributed by atoms with van der Waals surface area (Å²) in [5.41, 5.74) is 0.678. The molecule has 160 valence electrons. The van der Waals surface area contributed by atoms with Gasteiger partial charge >= 0.3 is 0 Å². The maximum Gasteiger partial charge on any atom is 0.252 e. The van der Waals surface area contributed by atoms with Gasteiger partial charge in [0.05, 0.1) is 46.1 Å². The van der Waals surface area contributed by atoms with Crippen molar-refractivity contribution in [1.29, 1.82) is 5.26 Å². The van der Waals surface area contributed by atoms with Crippen LogP contribution in [0.3, 0.4) is 0 Å². The van der Waals surface area contributed by atoms with Gasteiger partial charge in [0.2, 0.25) is 5.75 Å². The molecule has 0 fully saturated rings. The number of carbonyl (C=O) groups excluding carboxylic acids is 1. The average molecular weight is 435 g/mol. The SMILES string of the molecule is CCOc1c(Cl)cc(C(=O)NC(C#N)c2cc(OC)c(OC)c(OC)c2)cc1OC. The van der Waals surface area contributed by atoms with E-state index in [0.717, 1.165) is 0 Å². The van der Waals surface area contributed by atoms with Crippen molar-refractivity contribution >= 4 is 17.5 Å². The first-order chi connectivity index (χ1) is 14.4. The van der Waals surface area contributed by atoms with Crippen LogP contribution in [0, 0.1) is 11.3 Å². The normalized spacial score (nSPS) is 11.1. The van der Waals surface area contributed by atoms with E-state index in [1.807, 2.05) is 6.92 Å².